The molecule has 2 aromatic rings. The summed E-state index contributed by atoms with van der Waals surface area (Å²) in [5, 5.41) is 2.80. The quantitative estimate of drug-likeness (QED) is 0.788. The average molecular weight is 386 g/mol. The summed E-state index contributed by atoms with van der Waals surface area (Å²) < 4.78 is 21.0. The first kappa shape index (κ1) is 19.3. The van der Waals surface area contributed by atoms with E-state index in [1.165, 1.54) is 18.9 Å². The molecule has 8 nitrogen and oxygen atoms in total. The summed E-state index contributed by atoms with van der Waals surface area (Å²) >= 11 is 0. The third-order valence-corrected chi connectivity index (χ3v) is 4.28. The minimum absolute atomic E-state index is 0.127. The van der Waals surface area contributed by atoms with Crippen molar-refractivity contribution in [1.82, 2.24) is 0 Å². The van der Waals surface area contributed by atoms with Crippen LogP contribution in [0.3, 0.4) is 0 Å². The fourth-order valence-corrected chi connectivity index (χ4v) is 2.87. The van der Waals surface area contributed by atoms with Crippen molar-refractivity contribution in [2.45, 2.75) is 13.3 Å². The molecule has 0 atom stereocenters. The first-order valence-corrected chi connectivity index (χ1v) is 8.71. The van der Waals surface area contributed by atoms with Crippen molar-refractivity contribution in [3.8, 4) is 23.0 Å². The van der Waals surface area contributed by atoms with Gasteiger partial charge in [0.15, 0.2) is 23.0 Å². The molecule has 0 unspecified atom stereocenters. The van der Waals surface area contributed by atoms with Gasteiger partial charge in [-0.2, -0.15) is 0 Å². The van der Waals surface area contributed by atoms with Crippen LogP contribution in [0.4, 0.5) is 11.4 Å². The van der Waals surface area contributed by atoms with Crippen LogP contribution >= 0.6 is 0 Å². The zero-order valence-corrected chi connectivity index (χ0v) is 16.0. The first-order chi connectivity index (χ1) is 13.5. The van der Waals surface area contributed by atoms with Gasteiger partial charge >= 0.3 is 0 Å². The Morgan fingerprint density at radius 3 is 2.50 bits per heavy atom. The Morgan fingerprint density at radius 2 is 1.79 bits per heavy atom. The molecule has 28 heavy (non-hydrogen) atoms. The molecule has 1 N–H and O–H groups in total. The minimum atomic E-state index is -0.217. The molecule has 0 aliphatic carbocycles. The lowest BCUT2D eigenvalue weighted by atomic mass is 10.2. The second-order valence-electron chi connectivity index (χ2n) is 6.08. The van der Waals surface area contributed by atoms with Gasteiger partial charge in [0.1, 0.15) is 0 Å². The van der Waals surface area contributed by atoms with Crippen molar-refractivity contribution < 1.29 is 28.5 Å². The molecule has 148 valence electrons. The van der Waals surface area contributed by atoms with Gasteiger partial charge in [-0.15, -0.1) is 0 Å². The first-order valence-electron chi connectivity index (χ1n) is 8.71. The number of benzene rings is 2. The summed E-state index contributed by atoms with van der Waals surface area (Å²) in [6.45, 7) is 1.85. The van der Waals surface area contributed by atoms with Crippen LogP contribution in [-0.4, -0.2) is 39.4 Å². The monoisotopic (exact) mass is 386 g/mol. The molecule has 0 aromatic heterocycles. The number of anilines is 2. The van der Waals surface area contributed by atoms with Gasteiger partial charge in [0.2, 0.25) is 18.6 Å². The van der Waals surface area contributed by atoms with Crippen LogP contribution in [0.15, 0.2) is 36.4 Å². The summed E-state index contributed by atoms with van der Waals surface area (Å²) in [6.07, 6.45) is 0.127. The van der Waals surface area contributed by atoms with Crippen molar-refractivity contribution in [2.24, 2.45) is 0 Å². The number of ether oxygens (including phenoxy) is 4. The fraction of sp³-hybridized carbons (Fsp3) is 0.300. The van der Waals surface area contributed by atoms with Crippen molar-refractivity contribution >= 4 is 23.2 Å². The Kier molecular flexibility index (Phi) is 5.88. The number of carbonyl (C=O) groups excluding carboxylic acids is 2. The molecule has 1 heterocycles. The third-order valence-electron chi connectivity index (χ3n) is 4.28. The summed E-state index contributed by atoms with van der Waals surface area (Å²) in [7, 11) is 3.07. The van der Waals surface area contributed by atoms with E-state index in [1.807, 2.05) is 0 Å². The van der Waals surface area contributed by atoms with Gasteiger partial charge in [0, 0.05) is 43.4 Å². The molecule has 0 saturated heterocycles. The second-order valence-corrected chi connectivity index (χ2v) is 6.08. The molecule has 2 amide bonds. The normalized spacial score (nSPS) is 11.7. The number of methoxy groups -OCH3 is 2. The van der Waals surface area contributed by atoms with E-state index in [9.17, 15) is 9.59 Å². The van der Waals surface area contributed by atoms with E-state index in [1.54, 1.807) is 43.5 Å². The number of fused-ring (bicyclic) bond motifs is 1. The zero-order chi connectivity index (χ0) is 20.1. The highest BCUT2D eigenvalue weighted by molar-refractivity contribution is 5.95. The van der Waals surface area contributed by atoms with Gasteiger partial charge in [0.25, 0.3) is 0 Å². The zero-order valence-electron chi connectivity index (χ0n) is 16.0. The highest BCUT2D eigenvalue weighted by Gasteiger charge is 2.17. The summed E-state index contributed by atoms with van der Waals surface area (Å²) in [5.74, 6) is 1.92. The van der Waals surface area contributed by atoms with Crippen LogP contribution in [0.1, 0.15) is 13.3 Å². The number of hydrogen-bond donors (Lipinski definition) is 1. The van der Waals surface area contributed by atoms with E-state index >= 15 is 0 Å². The molecule has 2 aromatic carbocycles. The van der Waals surface area contributed by atoms with Crippen LogP contribution in [0.5, 0.6) is 23.0 Å². The van der Waals surface area contributed by atoms with Crippen LogP contribution in [0.25, 0.3) is 0 Å². The molecule has 0 bridgehead atoms. The number of amides is 2. The Labute approximate surface area is 162 Å². The van der Waals surface area contributed by atoms with Crippen LogP contribution in [-0.2, 0) is 9.59 Å². The van der Waals surface area contributed by atoms with Crippen LogP contribution in [0.2, 0.25) is 0 Å². The van der Waals surface area contributed by atoms with E-state index in [4.69, 9.17) is 18.9 Å². The maximum atomic E-state index is 12.3. The maximum Gasteiger partial charge on any atom is 0.231 e. The van der Waals surface area contributed by atoms with Crippen molar-refractivity contribution in [3.63, 3.8) is 0 Å². The van der Waals surface area contributed by atoms with Gasteiger partial charge in [0.05, 0.1) is 14.2 Å². The predicted molar refractivity (Wildman–Crippen MR) is 103 cm³/mol. The molecule has 0 spiro atoms. The molecule has 0 radical (unpaired) electrons. The lowest BCUT2D eigenvalue weighted by Crippen LogP contribution is -2.32. The van der Waals surface area contributed by atoms with E-state index in [0.29, 0.717) is 34.4 Å². The second kappa shape index (κ2) is 8.51. The topological polar surface area (TPSA) is 86.3 Å². The third kappa shape index (κ3) is 4.28. The van der Waals surface area contributed by atoms with Gasteiger partial charge in [-0.25, -0.2) is 0 Å². The molecule has 1 aliphatic rings. The number of hydrogen-bond acceptors (Lipinski definition) is 6. The van der Waals surface area contributed by atoms with Gasteiger partial charge < -0.3 is 29.2 Å². The summed E-state index contributed by atoms with van der Waals surface area (Å²) in [4.78, 5) is 25.9. The highest BCUT2D eigenvalue weighted by Crippen LogP contribution is 2.34. The lowest BCUT2D eigenvalue weighted by molar-refractivity contribution is -0.117. The molecule has 0 saturated carbocycles. The molecular weight excluding hydrogens is 364 g/mol. The summed E-state index contributed by atoms with van der Waals surface area (Å²) in [5.41, 5.74) is 1.23. The van der Waals surface area contributed by atoms with E-state index in [2.05, 4.69) is 5.32 Å². The standard InChI is InChI=1S/C20H22N2O6/c1-13(23)22(15-5-7-16(25-2)18(11-15)26-3)9-8-20(24)21-14-4-6-17-19(10-14)28-12-27-17/h4-7,10-11H,8-9,12H2,1-3H3,(H,21,24). The number of nitrogens with zero attached hydrogens (tertiary/aromatic N) is 1. The van der Waals surface area contributed by atoms with Crippen molar-refractivity contribution in [3.05, 3.63) is 36.4 Å². The molecule has 1 aliphatic heterocycles. The number of nitrogens with one attached hydrogen (secondary N) is 1. The Bertz CT molecular complexity index is 883. The van der Waals surface area contributed by atoms with Gasteiger partial charge in [-0.05, 0) is 24.3 Å². The van der Waals surface area contributed by atoms with E-state index in [0.717, 1.165) is 0 Å². The summed E-state index contributed by atoms with van der Waals surface area (Å²) in [6, 6.07) is 10.4. The molecule has 0 fully saturated rings. The van der Waals surface area contributed by atoms with Gasteiger partial charge in [-0.3, -0.25) is 9.59 Å². The molecule has 3 rings (SSSR count). The number of rotatable bonds is 7. The number of carbonyl (C=O) groups is 2. The molecule has 8 heteroatoms. The van der Waals surface area contributed by atoms with Gasteiger partial charge in [-0.1, -0.05) is 0 Å². The smallest absolute Gasteiger partial charge is 0.231 e. The van der Waals surface area contributed by atoms with Crippen molar-refractivity contribution in [2.75, 3.05) is 37.8 Å². The average Bonchev–Trinajstić information content (AvgIpc) is 3.15. The fourth-order valence-electron chi connectivity index (χ4n) is 2.87. The molecular formula is C20H22N2O6. The van der Waals surface area contributed by atoms with E-state index < -0.39 is 0 Å². The van der Waals surface area contributed by atoms with Crippen LogP contribution < -0.4 is 29.2 Å². The lowest BCUT2D eigenvalue weighted by Gasteiger charge is -2.22. The maximum absolute atomic E-state index is 12.3. The minimum Gasteiger partial charge on any atom is -0.493 e. The largest absolute Gasteiger partial charge is 0.493 e. The van der Waals surface area contributed by atoms with Crippen LogP contribution in [0, 0.1) is 0 Å². The SMILES string of the molecule is COc1ccc(N(CCC(=O)Nc2ccc3c(c2)OCO3)C(C)=O)cc1OC. The predicted octanol–water partition coefficient (Wildman–Crippen LogP) is 2.81. The Balaban J connectivity index is 1.65. The Morgan fingerprint density at radius 1 is 1.04 bits per heavy atom. The Hall–Kier alpha value is -3.42. The highest BCUT2D eigenvalue weighted by atomic mass is 16.7. The van der Waals surface area contributed by atoms with E-state index in [-0.39, 0.29) is 31.6 Å². The van der Waals surface area contributed by atoms with Crippen molar-refractivity contribution in [1.29, 1.82) is 0 Å².